The van der Waals surface area contributed by atoms with Crippen molar-refractivity contribution in [1.29, 1.82) is 0 Å². The number of H-pyrrole nitrogens is 2. The van der Waals surface area contributed by atoms with Gasteiger partial charge >= 0.3 is 5.69 Å². The molecule has 1 saturated heterocycles. The monoisotopic (exact) mass is 384 g/mol. The number of carbonyl (C=O) groups excluding carboxylic acids is 1. The van der Waals surface area contributed by atoms with E-state index in [1.54, 1.807) is 18.9 Å². The molecule has 0 bridgehead atoms. The number of likely N-dealkylation sites (tertiary alicyclic amines) is 1. The molecule has 1 aliphatic heterocycles. The van der Waals surface area contributed by atoms with Crippen LogP contribution in [-0.2, 0) is 17.8 Å². The summed E-state index contributed by atoms with van der Waals surface area (Å²) in [5.74, 6) is 0.364. The zero-order valence-electron chi connectivity index (χ0n) is 16.5. The maximum absolute atomic E-state index is 12.6. The van der Waals surface area contributed by atoms with Crippen LogP contribution in [0.1, 0.15) is 29.7 Å². The van der Waals surface area contributed by atoms with Crippen LogP contribution in [0.15, 0.2) is 39.9 Å². The maximum Gasteiger partial charge on any atom is 0.325 e. The second kappa shape index (κ2) is 9.01. The molecule has 28 heavy (non-hydrogen) atoms. The molecule has 150 valence electrons. The van der Waals surface area contributed by atoms with E-state index in [0.717, 1.165) is 32.5 Å². The van der Waals surface area contributed by atoms with Gasteiger partial charge in [-0.3, -0.25) is 19.5 Å². The highest BCUT2D eigenvalue weighted by atomic mass is 16.2. The third-order valence-electron chi connectivity index (χ3n) is 5.50. The van der Waals surface area contributed by atoms with Crippen molar-refractivity contribution in [3.05, 3.63) is 68.0 Å². The molecule has 3 rings (SSSR count). The average Bonchev–Trinajstić information content (AvgIpc) is 2.67. The first-order valence-corrected chi connectivity index (χ1v) is 9.74. The van der Waals surface area contributed by atoms with E-state index in [2.05, 4.69) is 39.1 Å². The van der Waals surface area contributed by atoms with Gasteiger partial charge in [0.2, 0.25) is 5.91 Å². The fourth-order valence-corrected chi connectivity index (χ4v) is 3.78. The topological polar surface area (TPSA) is 89.3 Å². The first-order chi connectivity index (χ1) is 13.4. The molecule has 0 atom stereocenters. The van der Waals surface area contributed by atoms with Crippen LogP contribution in [0.3, 0.4) is 0 Å². The number of piperidine rings is 1. The SMILES string of the molecule is Cc1[nH]c(=O)[nH]c(=O)c1CC(=O)N(C)CC1CCN(Cc2ccccc2)CC1. The van der Waals surface area contributed by atoms with E-state index in [4.69, 9.17) is 0 Å². The molecule has 0 unspecified atom stereocenters. The number of rotatable bonds is 6. The van der Waals surface area contributed by atoms with Crippen LogP contribution < -0.4 is 11.2 Å². The molecule has 2 N–H and O–H groups in total. The number of benzene rings is 1. The Morgan fingerprint density at radius 3 is 2.46 bits per heavy atom. The van der Waals surface area contributed by atoms with Crippen LogP contribution in [0.4, 0.5) is 0 Å². The molecule has 7 nitrogen and oxygen atoms in total. The molecular formula is C21H28N4O3. The quantitative estimate of drug-likeness (QED) is 0.785. The molecule has 2 heterocycles. The van der Waals surface area contributed by atoms with Crippen molar-refractivity contribution in [2.75, 3.05) is 26.7 Å². The maximum atomic E-state index is 12.6. The Morgan fingerprint density at radius 2 is 1.82 bits per heavy atom. The van der Waals surface area contributed by atoms with Crippen LogP contribution in [0.2, 0.25) is 0 Å². The van der Waals surface area contributed by atoms with Crippen molar-refractivity contribution in [2.24, 2.45) is 5.92 Å². The van der Waals surface area contributed by atoms with Crippen molar-refractivity contribution < 1.29 is 4.79 Å². The molecule has 1 fully saturated rings. The Balaban J connectivity index is 1.49. The van der Waals surface area contributed by atoms with Gasteiger partial charge in [0, 0.05) is 31.4 Å². The molecule has 0 radical (unpaired) electrons. The fraction of sp³-hybridized carbons (Fsp3) is 0.476. The minimum absolute atomic E-state index is 0.00129. The summed E-state index contributed by atoms with van der Waals surface area (Å²) in [6.45, 7) is 5.36. The number of hydrogen-bond donors (Lipinski definition) is 2. The number of nitrogens with zero attached hydrogens (tertiary/aromatic N) is 2. The van der Waals surface area contributed by atoms with Gasteiger partial charge in [-0.05, 0) is 44.3 Å². The normalized spacial score (nSPS) is 15.5. The van der Waals surface area contributed by atoms with E-state index in [1.165, 1.54) is 5.56 Å². The number of nitrogens with one attached hydrogen (secondary N) is 2. The van der Waals surface area contributed by atoms with E-state index >= 15 is 0 Å². The molecular weight excluding hydrogens is 356 g/mol. The third-order valence-corrected chi connectivity index (χ3v) is 5.50. The Morgan fingerprint density at radius 1 is 1.14 bits per heavy atom. The van der Waals surface area contributed by atoms with E-state index in [9.17, 15) is 14.4 Å². The fourth-order valence-electron chi connectivity index (χ4n) is 3.78. The van der Waals surface area contributed by atoms with Crippen LogP contribution in [-0.4, -0.2) is 52.4 Å². The first-order valence-electron chi connectivity index (χ1n) is 9.74. The molecule has 2 aromatic rings. The number of carbonyl (C=O) groups is 1. The summed E-state index contributed by atoms with van der Waals surface area (Å²) in [6.07, 6.45) is 2.12. The third kappa shape index (κ3) is 5.19. The highest BCUT2D eigenvalue weighted by Gasteiger charge is 2.23. The molecule has 1 amide bonds. The summed E-state index contributed by atoms with van der Waals surface area (Å²) in [7, 11) is 1.79. The Hall–Kier alpha value is -2.67. The van der Waals surface area contributed by atoms with E-state index < -0.39 is 11.2 Å². The highest BCUT2D eigenvalue weighted by molar-refractivity contribution is 5.78. The zero-order valence-corrected chi connectivity index (χ0v) is 16.5. The van der Waals surface area contributed by atoms with E-state index in [0.29, 0.717) is 23.7 Å². The average molecular weight is 384 g/mol. The van der Waals surface area contributed by atoms with Gasteiger partial charge in [-0.1, -0.05) is 30.3 Å². The standard InChI is InChI=1S/C21H28N4O3/c1-15-18(20(27)23-21(28)22-15)12-19(26)24(2)13-17-8-10-25(11-9-17)14-16-6-4-3-5-7-16/h3-7,17H,8-14H2,1-2H3,(H2,22,23,27,28). The Labute approximate surface area is 164 Å². The lowest BCUT2D eigenvalue weighted by molar-refractivity contribution is -0.130. The predicted octanol–water partition coefficient (Wildman–Crippen LogP) is 1.28. The molecule has 0 spiro atoms. The summed E-state index contributed by atoms with van der Waals surface area (Å²) in [5, 5.41) is 0. The Bertz CT molecular complexity index is 911. The highest BCUT2D eigenvalue weighted by Crippen LogP contribution is 2.20. The molecule has 7 heteroatoms. The van der Waals surface area contributed by atoms with E-state index in [-0.39, 0.29) is 12.3 Å². The van der Waals surface area contributed by atoms with Crippen LogP contribution in [0, 0.1) is 12.8 Å². The summed E-state index contributed by atoms with van der Waals surface area (Å²) in [5.41, 5.74) is 1.07. The lowest BCUT2D eigenvalue weighted by atomic mass is 9.95. The van der Waals surface area contributed by atoms with Crippen LogP contribution in [0.25, 0.3) is 0 Å². The zero-order chi connectivity index (χ0) is 20.1. The van der Waals surface area contributed by atoms with Crippen molar-refractivity contribution >= 4 is 5.91 Å². The molecule has 1 aromatic carbocycles. The van der Waals surface area contributed by atoms with Gasteiger partial charge in [0.15, 0.2) is 0 Å². The van der Waals surface area contributed by atoms with Crippen LogP contribution >= 0.6 is 0 Å². The number of aryl methyl sites for hydroxylation is 1. The molecule has 0 aliphatic carbocycles. The number of aromatic nitrogens is 2. The van der Waals surface area contributed by atoms with E-state index in [1.807, 2.05) is 6.07 Å². The number of aromatic amines is 2. The van der Waals surface area contributed by atoms with Gasteiger partial charge in [0.25, 0.3) is 5.56 Å². The Kier molecular flexibility index (Phi) is 6.46. The van der Waals surface area contributed by atoms with Gasteiger partial charge < -0.3 is 9.88 Å². The first kappa shape index (κ1) is 20.1. The van der Waals surface area contributed by atoms with Crippen molar-refractivity contribution in [2.45, 2.75) is 32.7 Å². The number of amides is 1. The summed E-state index contributed by atoms with van der Waals surface area (Å²) in [6, 6.07) is 10.5. The molecule has 1 aliphatic rings. The van der Waals surface area contributed by atoms with Gasteiger partial charge in [-0.25, -0.2) is 4.79 Å². The minimum Gasteiger partial charge on any atom is -0.345 e. The second-order valence-electron chi connectivity index (χ2n) is 7.67. The largest absolute Gasteiger partial charge is 0.345 e. The smallest absolute Gasteiger partial charge is 0.325 e. The minimum atomic E-state index is -0.547. The molecule has 0 saturated carbocycles. The van der Waals surface area contributed by atoms with Gasteiger partial charge in [-0.15, -0.1) is 0 Å². The van der Waals surface area contributed by atoms with Crippen LogP contribution in [0.5, 0.6) is 0 Å². The van der Waals surface area contributed by atoms with Gasteiger partial charge in [-0.2, -0.15) is 0 Å². The molecule has 1 aromatic heterocycles. The lowest BCUT2D eigenvalue weighted by Crippen LogP contribution is -2.40. The van der Waals surface area contributed by atoms with Crippen molar-refractivity contribution in [3.8, 4) is 0 Å². The number of likely N-dealkylation sites (N-methyl/N-ethyl adjacent to an activating group) is 1. The number of hydrogen-bond acceptors (Lipinski definition) is 4. The summed E-state index contributed by atoms with van der Waals surface area (Å²) in [4.78, 5) is 44.7. The second-order valence-corrected chi connectivity index (χ2v) is 7.67. The van der Waals surface area contributed by atoms with Gasteiger partial charge in [0.05, 0.1) is 6.42 Å². The predicted molar refractivity (Wildman–Crippen MR) is 108 cm³/mol. The summed E-state index contributed by atoms with van der Waals surface area (Å²) < 4.78 is 0. The van der Waals surface area contributed by atoms with Crippen molar-refractivity contribution in [3.63, 3.8) is 0 Å². The van der Waals surface area contributed by atoms with Gasteiger partial charge in [0.1, 0.15) is 0 Å². The lowest BCUT2D eigenvalue weighted by Gasteiger charge is -2.34. The summed E-state index contributed by atoms with van der Waals surface area (Å²) >= 11 is 0. The van der Waals surface area contributed by atoms with Crippen molar-refractivity contribution in [1.82, 2.24) is 19.8 Å².